The fraction of sp³-hybridized carbons (Fsp3) is 0.0270. The van der Waals surface area contributed by atoms with Gasteiger partial charge in [0.2, 0.25) is 0 Å². The third kappa shape index (κ3) is 4.00. The van der Waals surface area contributed by atoms with Crippen molar-refractivity contribution in [3.05, 3.63) is 140 Å². The van der Waals surface area contributed by atoms with Gasteiger partial charge >= 0.3 is 0 Å². The Bertz CT molecular complexity index is 2480. The van der Waals surface area contributed by atoms with Crippen LogP contribution in [-0.4, -0.2) is 38.7 Å². The van der Waals surface area contributed by atoms with Crippen LogP contribution < -0.4 is 0 Å². The number of imidazole rings is 1. The quantitative estimate of drug-likeness (QED) is 0.208. The van der Waals surface area contributed by atoms with Crippen LogP contribution in [0.4, 0.5) is 0 Å². The van der Waals surface area contributed by atoms with Gasteiger partial charge in [-0.05, 0) is 60.7 Å². The Balaban J connectivity index is 1.29. The number of rotatable bonds is 5. The molecule has 0 unspecified atom stereocenters. The molecule has 214 valence electrons. The molecule has 9 aromatic rings. The standard InChI is InChI=1S/C37H26N8/c1-42-33-11-5-3-9-31(33)41-37(42)26-12-15-29-28-8-2-4-10-32(28)45(35(29)23-26)36-22-25(13-17-34(36)44-21-7-19-40-44)30-16-14-27(24-38-30)43-20-6-18-39-43/h2-24H,1H3. The van der Waals surface area contributed by atoms with Crippen LogP contribution in [0, 0.1) is 0 Å². The second-order valence-electron chi connectivity index (χ2n) is 11.1. The molecule has 8 nitrogen and oxygen atoms in total. The second kappa shape index (κ2) is 9.89. The van der Waals surface area contributed by atoms with E-state index in [1.807, 2.05) is 64.5 Å². The van der Waals surface area contributed by atoms with Crippen LogP contribution in [0.5, 0.6) is 0 Å². The average Bonchev–Trinajstić information content (AvgIpc) is 3.91. The number of hydrogen-bond donors (Lipinski definition) is 0. The summed E-state index contributed by atoms with van der Waals surface area (Å²) in [5, 5.41) is 11.3. The molecule has 8 heteroatoms. The van der Waals surface area contributed by atoms with Crippen molar-refractivity contribution in [3.63, 3.8) is 0 Å². The van der Waals surface area contributed by atoms with Crippen molar-refractivity contribution in [2.24, 2.45) is 7.05 Å². The van der Waals surface area contributed by atoms with Gasteiger partial charge in [0.25, 0.3) is 0 Å². The van der Waals surface area contributed by atoms with Gasteiger partial charge in [-0.3, -0.25) is 4.98 Å². The maximum atomic E-state index is 5.01. The molecular formula is C37H26N8. The first kappa shape index (κ1) is 25.2. The van der Waals surface area contributed by atoms with Crippen molar-refractivity contribution in [1.29, 1.82) is 0 Å². The van der Waals surface area contributed by atoms with Crippen LogP contribution in [0.15, 0.2) is 140 Å². The maximum Gasteiger partial charge on any atom is 0.140 e. The molecular weight excluding hydrogens is 556 g/mol. The first-order chi connectivity index (χ1) is 22.2. The number of aryl methyl sites for hydroxylation is 1. The molecule has 0 fully saturated rings. The van der Waals surface area contributed by atoms with E-state index in [4.69, 9.17) is 9.97 Å². The monoisotopic (exact) mass is 582 g/mol. The van der Waals surface area contributed by atoms with Crippen LogP contribution in [-0.2, 0) is 7.05 Å². The molecule has 0 radical (unpaired) electrons. The summed E-state index contributed by atoms with van der Waals surface area (Å²) in [4.78, 5) is 9.83. The molecule has 5 heterocycles. The summed E-state index contributed by atoms with van der Waals surface area (Å²) in [6, 6.07) is 37.8. The smallest absolute Gasteiger partial charge is 0.140 e. The summed E-state index contributed by atoms with van der Waals surface area (Å²) >= 11 is 0. The highest BCUT2D eigenvalue weighted by Gasteiger charge is 2.19. The summed E-state index contributed by atoms with van der Waals surface area (Å²) in [5.74, 6) is 0.928. The largest absolute Gasteiger partial charge is 0.327 e. The Hall–Kier alpha value is -6.28. The van der Waals surface area contributed by atoms with Crippen LogP contribution in [0.1, 0.15) is 0 Å². The van der Waals surface area contributed by atoms with Crippen LogP contribution in [0.3, 0.4) is 0 Å². The minimum absolute atomic E-state index is 0.875. The summed E-state index contributed by atoms with van der Waals surface area (Å²) in [7, 11) is 2.08. The van der Waals surface area contributed by atoms with E-state index >= 15 is 0 Å². The Morgan fingerprint density at radius 2 is 1.33 bits per heavy atom. The Labute approximate surface area is 258 Å². The minimum atomic E-state index is 0.875. The lowest BCUT2D eigenvalue weighted by Gasteiger charge is -2.16. The SMILES string of the molecule is Cn1c(-c2ccc3c4ccccc4n(-c4cc(-c5ccc(-n6cccn6)cn5)ccc4-n4cccn4)c3c2)nc2ccccc21. The summed E-state index contributed by atoms with van der Waals surface area (Å²) in [5.41, 5.74) is 10.1. The van der Waals surface area contributed by atoms with Crippen molar-refractivity contribution >= 4 is 32.8 Å². The predicted molar refractivity (Wildman–Crippen MR) is 178 cm³/mol. The zero-order valence-electron chi connectivity index (χ0n) is 24.4. The van der Waals surface area contributed by atoms with E-state index in [9.17, 15) is 0 Å². The zero-order chi connectivity index (χ0) is 29.9. The van der Waals surface area contributed by atoms with Gasteiger partial charge in [-0.2, -0.15) is 10.2 Å². The molecule has 0 amide bonds. The fourth-order valence-electron chi connectivity index (χ4n) is 6.35. The van der Waals surface area contributed by atoms with E-state index in [2.05, 4.69) is 105 Å². The summed E-state index contributed by atoms with van der Waals surface area (Å²) in [6.45, 7) is 0. The molecule has 0 aliphatic carbocycles. The highest BCUT2D eigenvalue weighted by molar-refractivity contribution is 6.10. The van der Waals surface area contributed by atoms with Crippen molar-refractivity contribution < 1.29 is 0 Å². The van der Waals surface area contributed by atoms with Gasteiger partial charge in [-0.25, -0.2) is 14.3 Å². The van der Waals surface area contributed by atoms with E-state index in [-0.39, 0.29) is 0 Å². The number of aromatic nitrogens is 8. The first-order valence-electron chi connectivity index (χ1n) is 14.8. The third-order valence-corrected chi connectivity index (χ3v) is 8.50. The maximum absolute atomic E-state index is 5.01. The van der Waals surface area contributed by atoms with Crippen molar-refractivity contribution in [2.45, 2.75) is 0 Å². The Morgan fingerprint density at radius 3 is 2.11 bits per heavy atom. The lowest BCUT2D eigenvalue weighted by atomic mass is 10.1. The first-order valence-corrected chi connectivity index (χ1v) is 14.8. The Morgan fingerprint density at radius 1 is 0.578 bits per heavy atom. The van der Waals surface area contributed by atoms with E-state index in [0.717, 1.165) is 61.8 Å². The zero-order valence-corrected chi connectivity index (χ0v) is 24.4. The molecule has 0 aliphatic rings. The summed E-state index contributed by atoms with van der Waals surface area (Å²) < 4.78 is 8.24. The molecule has 4 aromatic carbocycles. The van der Waals surface area contributed by atoms with Crippen molar-refractivity contribution in [1.82, 2.24) is 38.7 Å². The molecule has 0 spiro atoms. The lowest BCUT2D eigenvalue weighted by Crippen LogP contribution is -2.04. The van der Waals surface area contributed by atoms with Gasteiger partial charge < -0.3 is 9.13 Å². The fourth-order valence-corrected chi connectivity index (χ4v) is 6.35. The number of hydrogen-bond acceptors (Lipinski definition) is 4. The lowest BCUT2D eigenvalue weighted by molar-refractivity contribution is 0.870. The molecule has 0 saturated carbocycles. The van der Waals surface area contributed by atoms with Crippen LogP contribution in [0.2, 0.25) is 0 Å². The van der Waals surface area contributed by atoms with Crippen LogP contribution >= 0.6 is 0 Å². The second-order valence-corrected chi connectivity index (χ2v) is 11.1. The average molecular weight is 583 g/mol. The topological polar surface area (TPSA) is 71.3 Å². The van der Waals surface area contributed by atoms with E-state index < -0.39 is 0 Å². The molecule has 5 aromatic heterocycles. The van der Waals surface area contributed by atoms with Gasteiger partial charge in [0.1, 0.15) is 5.82 Å². The minimum Gasteiger partial charge on any atom is -0.327 e. The highest BCUT2D eigenvalue weighted by atomic mass is 15.3. The molecule has 9 rings (SSSR count). The van der Waals surface area contributed by atoms with Gasteiger partial charge in [0.05, 0.1) is 51.0 Å². The van der Waals surface area contributed by atoms with E-state index in [0.29, 0.717) is 0 Å². The van der Waals surface area contributed by atoms with Gasteiger partial charge in [0, 0.05) is 53.7 Å². The van der Waals surface area contributed by atoms with Gasteiger partial charge in [-0.15, -0.1) is 0 Å². The number of fused-ring (bicyclic) bond motifs is 4. The van der Waals surface area contributed by atoms with Crippen molar-refractivity contribution in [3.8, 4) is 39.7 Å². The van der Waals surface area contributed by atoms with Gasteiger partial charge in [-0.1, -0.05) is 48.5 Å². The molecule has 0 aliphatic heterocycles. The third-order valence-electron chi connectivity index (χ3n) is 8.50. The Kier molecular flexibility index (Phi) is 5.55. The molecule has 0 atom stereocenters. The summed E-state index contributed by atoms with van der Waals surface area (Å²) in [6.07, 6.45) is 9.32. The van der Waals surface area contributed by atoms with Crippen LogP contribution in [0.25, 0.3) is 72.5 Å². The number of pyridine rings is 1. The normalized spacial score (nSPS) is 11.7. The molecule has 45 heavy (non-hydrogen) atoms. The molecule has 0 bridgehead atoms. The van der Waals surface area contributed by atoms with E-state index in [1.54, 1.807) is 6.20 Å². The number of para-hydroxylation sites is 3. The van der Waals surface area contributed by atoms with Gasteiger partial charge in [0.15, 0.2) is 0 Å². The molecule has 0 N–H and O–H groups in total. The number of benzene rings is 4. The number of nitrogens with zero attached hydrogens (tertiary/aromatic N) is 8. The van der Waals surface area contributed by atoms with Crippen molar-refractivity contribution in [2.75, 3.05) is 0 Å². The highest BCUT2D eigenvalue weighted by Crippen LogP contribution is 2.38. The van der Waals surface area contributed by atoms with E-state index in [1.165, 1.54) is 10.8 Å². The predicted octanol–water partition coefficient (Wildman–Crippen LogP) is 7.77. The molecule has 0 saturated heterocycles.